The molecule has 0 saturated heterocycles. The SMILES string of the molecule is Cc1cc(-n2nc(Nc3cccc(Cl)c3F)cc2CC#N)cc(C)n1. The highest BCUT2D eigenvalue weighted by molar-refractivity contribution is 6.31. The predicted molar refractivity (Wildman–Crippen MR) is 94.8 cm³/mol. The number of aryl methyl sites for hydroxylation is 2. The highest BCUT2D eigenvalue weighted by atomic mass is 35.5. The summed E-state index contributed by atoms with van der Waals surface area (Å²) in [6, 6.07) is 12.3. The molecule has 0 amide bonds. The fourth-order valence-electron chi connectivity index (χ4n) is 2.58. The number of nitrogens with zero attached hydrogens (tertiary/aromatic N) is 4. The van der Waals surface area contributed by atoms with Crippen molar-refractivity contribution in [2.24, 2.45) is 0 Å². The first-order chi connectivity index (χ1) is 12.0. The van der Waals surface area contributed by atoms with Crippen LogP contribution in [0.1, 0.15) is 17.1 Å². The molecule has 0 atom stereocenters. The highest BCUT2D eigenvalue weighted by Gasteiger charge is 2.13. The molecule has 2 heterocycles. The number of nitrogens with one attached hydrogen (secondary N) is 1. The van der Waals surface area contributed by atoms with Crippen LogP contribution in [0, 0.1) is 31.0 Å². The summed E-state index contributed by atoms with van der Waals surface area (Å²) in [7, 11) is 0. The van der Waals surface area contributed by atoms with Gasteiger partial charge in [0.05, 0.1) is 34.6 Å². The molecule has 2 aromatic heterocycles. The normalized spacial score (nSPS) is 10.5. The Kier molecular flexibility index (Phi) is 4.68. The summed E-state index contributed by atoms with van der Waals surface area (Å²) >= 11 is 5.81. The van der Waals surface area contributed by atoms with E-state index in [1.165, 1.54) is 6.07 Å². The van der Waals surface area contributed by atoms with Crippen LogP contribution >= 0.6 is 11.6 Å². The molecule has 0 spiro atoms. The van der Waals surface area contributed by atoms with Crippen molar-refractivity contribution in [2.45, 2.75) is 20.3 Å². The van der Waals surface area contributed by atoms with Gasteiger partial charge in [-0.3, -0.25) is 4.98 Å². The summed E-state index contributed by atoms with van der Waals surface area (Å²) in [6.07, 6.45) is 0.174. The number of hydrogen-bond acceptors (Lipinski definition) is 4. The molecule has 1 aromatic carbocycles. The quantitative estimate of drug-likeness (QED) is 0.749. The van der Waals surface area contributed by atoms with Crippen LogP contribution < -0.4 is 5.32 Å². The van der Waals surface area contributed by atoms with Crippen molar-refractivity contribution in [3.63, 3.8) is 0 Å². The van der Waals surface area contributed by atoms with Crippen LogP contribution in [0.4, 0.5) is 15.9 Å². The molecule has 0 aliphatic carbocycles. The summed E-state index contributed by atoms with van der Waals surface area (Å²) in [5, 5.41) is 16.5. The van der Waals surface area contributed by atoms with Crippen LogP contribution in [0.3, 0.4) is 0 Å². The molecule has 0 unspecified atom stereocenters. The zero-order valence-electron chi connectivity index (χ0n) is 13.7. The minimum atomic E-state index is -0.545. The van der Waals surface area contributed by atoms with Crippen LogP contribution in [-0.4, -0.2) is 14.8 Å². The minimum Gasteiger partial charge on any atom is -0.336 e. The Balaban J connectivity index is 2.03. The van der Waals surface area contributed by atoms with Gasteiger partial charge < -0.3 is 5.32 Å². The maximum absolute atomic E-state index is 14.1. The lowest BCUT2D eigenvalue weighted by Gasteiger charge is -2.07. The van der Waals surface area contributed by atoms with E-state index in [2.05, 4.69) is 21.5 Å². The minimum absolute atomic E-state index is 0.0297. The van der Waals surface area contributed by atoms with Gasteiger partial charge in [0.1, 0.15) is 0 Å². The van der Waals surface area contributed by atoms with E-state index in [1.807, 2.05) is 26.0 Å². The third-order valence-corrected chi connectivity index (χ3v) is 3.86. The smallest absolute Gasteiger partial charge is 0.165 e. The zero-order chi connectivity index (χ0) is 18.0. The second kappa shape index (κ2) is 6.91. The monoisotopic (exact) mass is 355 g/mol. The lowest BCUT2D eigenvalue weighted by atomic mass is 10.2. The largest absolute Gasteiger partial charge is 0.336 e. The van der Waals surface area contributed by atoms with E-state index < -0.39 is 5.82 Å². The summed E-state index contributed by atoms with van der Waals surface area (Å²) < 4.78 is 15.7. The van der Waals surface area contributed by atoms with Crippen molar-refractivity contribution in [3.8, 4) is 11.8 Å². The maximum atomic E-state index is 14.1. The van der Waals surface area contributed by atoms with E-state index in [9.17, 15) is 4.39 Å². The van der Waals surface area contributed by atoms with E-state index in [4.69, 9.17) is 16.9 Å². The third-order valence-electron chi connectivity index (χ3n) is 3.57. The number of aromatic nitrogens is 3. The molecule has 0 aliphatic rings. The molecule has 0 saturated carbocycles. The number of pyridine rings is 1. The lowest BCUT2D eigenvalue weighted by Crippen LogP contribution is -2.04. The first-order valence-corrected chi connectivity index (χ1v) is 7.98. The van der Waals surface area contributed by atoms with Gasteiger partial charge in [-0.2, -0.15) is 5.26 Å². The Morgan fingerprint density at radius 3 is 2.64 bits per heavy atom. The van der Waals surface area contributed by atoms with Crippen molar-refractivity contribution in [1.29, 1.82) is 5.26 Å². The van der Waals surface area contributed by atoms with Crippen molar-refractivity contribution in [3.05, 3.63) is 64.3 Å². The van der Waals surface area contributed by atoms with Crippen LogP contribution in [0.25, 0.3) is 5.69 Å². The van der Waals surface area contributed by atoms with Gasteiger partial charge in [0.2, 0.25) is 0 Å². The first kappa shape index (κ1) is 16.9. The number of benzene rings is 1. The van der Waals surface area contributed by atoms with E-state index in [-0.39, 0.29) is 17.1 Å². The van der Waals surface area contributed by atoms with E-state index in [0.717, 1.165) is 17.1 Å². The molecule has 0 radical (unpaired) electrons. The van der Waals surface area contributed by atoms with Crippen LogP contribution in [-0.2, 0) is 6.42 Å². The molecule has 126 valence electrons. The molecule has 5 nitrogen and oxygen atoms in total. The van der Waals surface area contributed by atoms with Crippen molar-refractivity contribution in [1.82, 2.24) is 14.8 Å². The van der Waals surface area contributed by atoms with Gasteiger partial charge in [-0.1, -0.05) is 17.7 Å². The molecule has 0 aliphatic heterocycles. The van der Waals surface area contributed by atoms with Gasteiger partial charge in [-0.05, 0) is 38.1 Å². The number of rotatable bonds is 4. The van der Waals surface area contributed by atoms with Crippen LogP contribution in [0.2, 0.25) is 5.02 Å². The third kappa shape index (κ3) is 3.62. The Morgan fingerprint density at radius 1 is 1.24 bits per heavy atom. The standard InChI is InChI=1S/C18H15ClFN5/c1-11-8-14(9-12(2)22-11)25-13(6-7-21)10-17(24-25)23-16-5-3-4-15(19)18(16)20/h3-5,8-10H,6H2,1-2H3,(H,23,24). The predicted octanol–water partition coefficient (Wildman–Crippen LogP) is 4.49. The summed E-state index contributed by atoms with van der Waals surface area (Å²) in [6.45, 7) is 3.79. The van der Waals surface area contributed by atoms with Gasteiger partial charge in [-0.15, -0.1) is 5.10 Å². The molecule has 3 aromatic rings. The second-order valence-electron chi connectivity index (χ2n) is 5.60. The maximum Gasteiger partial charge on any atom is 0.165 e. The second-order valence-corrected chi connectivity index (χ2v) is 6.01. The molecule has 3 rings (SSSR count). The van der Waals surface area contributed by atoms with Gasteiger partial charge in [0.25, 0.3) is 0 Å². The van der Waals surface area contributed by atoms with Gasteiger partial charge in [-0.25, -0.2) is 9.07 Å². The molecule has 25 heavy (non-hydrogen) atoms. The molecule has 0 fully saturated rings. The van der Waals surface area contributed by atoms with Crippen LogP contribution in [0.15, 0.2) is 36.4 Å². The fraction of sp³-hybridized carbons (Fsp3) is 0.167. The average Bonchev–Trinajstić information content (AvgIpc) is 2.94. The number of nitriles is 1. The summed E-state index contributed by atoms with van der Waals surface area (Å²) in [5.41, 5.74) is 3.42. The van der Waals surface area contributed by atoms with Gasteiger partial charge >= 0.3 is 0 Å². The van der Waals surface area contributed by atoms with E-state index in [0.29, 0.717) is 11.5 Å². The van der Waals surface area contributed by atoms with E-state index >= 15 is 0 Å². The van der Waals surface area contributed by atoms with Gasteiger partial charge in [0.15, 0.2) is 11.6 Å². The Bertz CT molecular complexity index is 954. The Morgan fingerprint density at radius 2 is 1.96 bits per heavy atom. The molecular weight excluding hydrogens is 341 g/mol. The summed E-state index contributed by atoms with van der Waals surface area (Å²) in [4.78, 5) is 4.35. The number of anilines is 2. The van der Waals surface area contributed by atoms with Crippen molar-refractivity contribution < 1.29 is 4.39 Å². The molecular formula is C18H15ClFN5. The van der Waals surface area contributed by atoms with Crippen molar-refractivity contribution in [2.75, 3.05) is 5.32 Å². The number of hydrogen-bond donors (Lipinski definition) is 1. The Hall–Kier alpha value is -2.91. The first-order valence-electron chi connectivity index (χ1n) is 7.60. The molecule has 0 bridgehead atoms. The van der Waals surface area contributed by atoms with Gasteiger partial charge in [0, 0.05) is 17.5 Å². The Labute approximate surface area is 149 Å². The van der Waals surface area contributed by atoms with E-state index in [1.54, 1.807) is 22.9 Å². The fourth-order valence-corrected chi connectivity index (χ4v) is 2.76. The average molecular weight is 356 g/mol. The number of halogens is 2. The molecule has 1 N–H and O–H groups in total. The lowest BCUT2D eigenvalue weighted by molar-refractivity contribution is 0.632. The zero-order valence-corrected chi connectivity index (χ0v) is 14.5. The van der Waals surface area contributed by atoms with Crippen molar-refractivity contribution >= 4 is 23.1 Å². The topological polar surface area (TPSA) is 66.5 Å². The summed E-state index contributed by atoms with van der Waals surface area (Å²) in [5.74, 6) is -0.116. The van der Waals surface area contributed by atoms with Crippen LogP contribution in [0.5, 0.6) is 0 Å². The molecule has 7 heteroatoms. The highest BCUT2D eigenvalue weighted by Crippen LogP contribution is 2.26.